The summed E-state index contributed by atoms with van der Waals surface area (Å²) in [4.78, 5) is 13.2. The minimum Gasteiger partial charge on any atom is -0.423 e. The van der Waals surface area contributed by atoms with Crippen LogP contribution in [-0.2, 0) is 0 Å². The maximum atomic E-state index is 6.31. The van der Waals surface area contributed by atoms with Crippen molar-refractivity contribution in [2.45, 2.75) is 32.7 Å². The van der Waals surface area contributed by atoms with Crippen LogP contribution in [0.1, 0.15) is 30.0 Å². The van der Waals surface area contributed by atoms with Crippen molar-refractivity contribution < 1.29 is 4.42 Å². The van der Waals surface area contributed by atoms with Gasteiger partial charge in [0.25, 0.3) is 6.01 Å². The number of benzene rings is 2. The first-order valence-electron chi connectivity index (χ1n) is 11.5. The minimum absolute atomic E-state index is 0.172. The molecule has 0 bridgehead atoms. The van der Waals surface area contributed by atoms with E-state index >= 15 is 0 Å². The van der Waals surface area contributed by atoms with Crippen LogP contribution in [0, 0.1) is 13.8 Å². The number of anilines is 2. The molecule has 1 aliphatic heterocycles. The zero-order valence-corrected chi connectivity index (χ0v) is 19.2. The highest BCUT2D eigenvalue weighted by Gasteiger charge is 2.24. The predicted molar refractivity (Wildman–Crippen MR) is 133 cm³/mol. The third kappa shape index (κ3) is 3.19. The van der Waals surface area contributed by atoms with Crippen LogP contribution in [0.5, 0.6) is 0 Å². The summed E-state index contributed by atoms with van der Waals surface area (Å²) in [6, 6.07) is 10.8. The second kappa shape index (κ2) is 7.81. The Morgan fingerprint density at radius 3 is 2.62 bits per heavy atom. The zero-order chi connectivity index (χ0) is 23.4. The Kier molecular flexibility index (Phi) is 4.73. The van der Waals surface area contributed by atoms with E-state index in [1.807, 2.05) is 11.6 Å². The molecule has 0 radical (unpaired) electrons. The maximum absolute atomic E-state index is 6.31. The van der Waals surface area contributed by atoms with E-state index in [2.05, 4.69) is 57.5 Å². The van der Waals surface area contributed by atoms with Crippen LogP contribution in [0.15, 0.2) is 41.1 Å². The van der Waals surface area contributed by atoms with Gasteiger partial charge in [-0.05, 0) is 49.9 Å². The lowest BCUT2D eigenvalue weighted by Gasteiger charge is -2.23. The molecule has 1 saturated heterocycles. The molecule has 5 N–H and O–H groups in total. The van der Waals surface area contributed by atoms with Crippen LogP contribution in [0.3, 0.4) is 0 Å². The Balaban J connectivity index is 1.47. The summed E-state index contributed by atoms with van der Waals surface area (Å²) < 4.78 is 7.66. The number of hydrogen-bond donors (Lipinski definition) is 3. The highest BCUT2D eigenvalue weighted by atomic mass is 16.4. The SMILES string of the molecule is Cc1cc(C)c2oc(N)nc2c1-c1ccc(-c2nn(C3CCCNC3)c3ncnc(N)c23)cc1. The molecule has 2 aromatic carbocycles. The number of aromatic nitrogens is 5. The number of nitrogen functional groups attached to an aromatic ring is 2. The van der Waals surface area contributed by atoms with Gasteiger partial charge in [-0.25, -0.2) is 14.6 Å². The lowest BCUT2D eigenvalue weighted by Crippen LogP contribution is -2.32. The first-order chi connectivity index (χ1) is 16.5. The van der Waals surface area contributed by atoms with Gasteiger partial charge in [-0.15, -0.1) is 0 Å². The number of aryl methyl sites for hydroxylation is 2. The van der Waals surface area contributed by atoms with Crippen molar-refractivity contribution in [3.63, 3.8) is 0 Å². The third-order valence-electron chi connectivity index (χ3n) is 6.65. The molecular weight excluding hydrogens is 428 g/mol. The van der Waals surface area contributed by atoms with Crippen molar-refractivity contribution in [1.82, 2.24) is 30.0 Å². The Morgan fingerprint density at radius 2 is 1.85 bits per heavy atom. The number of piperidine rings is 1. The summed E-state index contributed by atoms with van der Waals surface area (Å²) >= 11 is 0. The molecule has 9 nitrogen and oxygen atoms in total. The van der Waals surface area contributed by atoms with Crippen LogP contribution in [0.25, 0.3) is 44.5 Å². The van der Waals surface area contributed by atoms with Gasteiger partial charge in [-0.3, -0.25) is 0 Å². The van der Waals surface area contributed by atoms with Crippen molar-refractivity contribution in [2.75, 3.05) is 24.6 Å². The summed E-state index contributed by atoms with van der Waals surface area (Å²) in [5, 5.41) is 9.22. The molecule has 1 atom stereocenters. The van der Waals surface area contributed by atoms with Gasteiger partial charge in [0, 0.05) is 17.7 Å². The first kappa shape index (κ1) is 20.6. The largest absolute Gasteiger partial charge is 0.423 e. The van der Waals surface area contributed by atoms with Crippen molar-refractivity contribution in [3.8, 4) is 22.4 Å². The van der Waals surface area contributed by atoms with E-state index in [-0.39, 0.29) is 12.1 Å². The minimum atomic E-state index is 0.172. The van der Waals surface area contributed by atoms with Gasteiger partial charge < -0.3 is 21.2 Å². The fourth-order valence-electron chi connectivity index (χ4n) is 5.08. The second-order valence-electron chi connectivity index (χ2n) is 8.94. The highest BCUT2D eigenvalue weighted by molar-refractivity contribution is 5.99. The number of fused-ring (bicyclic) bond motifs is 2. The van der Waals surface area contributed by atoms with E-state index < -0.39 is 0 Å². The van der Waals surface area contributed by atoms with Gasteiger partial charge in [-0.2, -0.15) is 10.1 Å². The van der Waals surface area contributed by atoms with Crippen molar-refractivity contribution >= 4 is 34.0 Å². The molecule has 1 aliphatic rings. The summed E-state index contributed by atoms with van der Waals surface area (Å²) in [6.45, 7) is 5.97. The van der Waals surface area contributed by atoms with Gasteiger partial charge in [0.1, 0.15) is 23.4 Å². The molecule has 0 amide bonds. The topological polar surface area (TPSA) is 134 Å². The van der Waals surface area contributed by atoms with Gasteiger partial charge in [0.15, 0.2) is 11.2 Å². The van der Waals surface area contributed by atoms with Crippen LogP contribution in [0.2, 0.25) is 0 Å². The predicted octanol–water partition coefficient (Wildman–Crippen LogP) is 4.01. The summed E-state index contributed by atoms with van der Waals surface area (Å²) in [5.74, 6) is 0.438. The van der Waals surface area contributed by atoms with Crippen LogP contribution in [0.4, 0.5) is 11.8 Å². The number of nitrogens with zero attached hydrogens (tertiary/aromatic N) is 5. The Hall–Kier alpha value is -3.98. The molecule has 5 aromatic rings. The van der Waals surface area contributed by atoms with Gasteiger partial charge >= 0.3 is 0 Å². The molecule has 0 spiro atoms. The van der Waals surface area contributed by atoms with Gasteiger partial charge in [0.2, 0.25) is 0 Å². The average Bonchev–Trinajstić information content (AvgIpc) is 3.42. The number of nitrogens with one attached hydrogen (secondary N) is 1. The number of rotatable bonds is 3. The molecule has 9 heteroatoms. The number of hydrogen-bond acceptors (Lipinski definition) is 8. The molecule has 172 valence electrons. The number of oxazole rings is 1. The van der Waals surface area contributed by atoms with E-state index in [0.717, 1.165) is 81.6 Å². The van der Waals surface area contributed by atoms with Crippen LogP contribution >= 0.6 is 0 Å². The van der Waals surface area contributed by atoms with E-state index in [1.165, 1.54) is 6.33 Å². The molecular formula is C25H26N8O. The van der Waals surface area contributed by atoms with Crippen LogP contribution < -0.4 is 16.8 Å². The van der Waals surface area contributed by atoms with E-state index in [9.17, 15) is 0 Å². The smallest absolute Gasteiger partial charge is 0.293 e. The van der Waals surface area contributed by atoms with E-state index in [0.29, 0.717) is 5.82 Å². The molecule has 3 aromatic heterocycles. The van der Waals surface area contributed by atoms with Crippen molar-refractivity contribution in [2.24, 2.45) is 0 Å². The standard InChI is InChI=1S/C25H26N8O/c1-13-10-14(2)22-21(31-25(27)34-22)18(13)15-5-7-16(8-6-15)20-19-23(26)29-12-30-24(19)33(32-20)17-4-3-9-28-11-17/h5-8,10,12,17,28H,3-4,9,11H2,1-2H3,(H2,27,31)(H2,26,29,30). The molecule has 1 fully saturated rings. The van der Waals surface area contributed by atoms with Gasteiger partial charge in [-0.1, -0.05) is 30.3 Å². The summed E-state index contributed by atoms with van der Waals surface area (Å²) in [5.41, 5.74) is 20.4. The Morgan fingerprint density at radius 1 is 1.06 bits per heavy atom. The normalized spacial score (nSPS) is 16.5. The zero-order valence-electron chi connectivity index (χ0n) is 19.2. The summed E-state index contributed by atoms with van der Waals surface area (Å²) in [6.07, 6.45) is 3.66. The Bertz CT molecular complexity index is 1530. The second-order valence-corrected chi connectivity index (χ2v) is 8.94. The molecule has 34 heavy (non-hydrogen) atoms. The molecule has 1 unspecified atom stereocenters. The van der Waals surface area contributed by atoms with Gasteiger partial charge in [0.05, 0.1) is 11.4 Å². The monoisotopic (exact) mass is 454 g/mol. The maximum Gasteiger partial charge on any atom is 0.293 e. The van der Waals surface area contributed by atoms with Crippen LogP contribution in [-0.4, -0.2) is 37.8 Å². The molecule has 0 saturated carbocycles. The summed E-state index contributed by atoms with van der Waals surface area (Å²) in [7, 11) is 0. The Labute approximate surface area is 196 Å². The fraction of sp³-hybridized carbons (Fsp3) is 0.280. The quantitative estimate of drug-likeness (QED) is 0.372. The third-order valence-corrected chi connectivity index (χ3v) is 6.65. The molecule has 6 rings (SSSR count). The average molecular weight is 455 g/mol. The first-order valence-corrected chi connectivity index (χ1v) is 11.5. The van der Waals surface area contributed by atoms with E-state index in [1.54, 1.807) is 0 Å². The lowest BCUT2D eigenvalue weighted by atomic mass is 9.95. The molecule has 0 aliphatic carbocycles. The van der Waals surface area contributed by atoms with Crippen molar-refractivity contribution in [1.29, 1.82) is 0 Å². The lowest BCUT2D eigenvalue weighted by molar-refractivity contribution is 0.354. The highest BCUT2D eigenvalue weighted by Crippen LogP contribution is 2.37. The van der Waals surface area contributed by atoms with Crippen molar-refractivity contribution in [3.05, 3.63) is 47.8 Å². The van der Waals surface area contributed by atoms with E-state index in [4.69, 9.17) is 21.0 Å². The fourth-order valence-corrected chi connectivity index (χ4v) is 5.08. The number of nitrogens with two attached hydrogens (primary N) is 2. The molecule has 4 heterocycles.